The number of aromatic nitrogens is 2. The van der Waals surface area contributed by atoms with E-state index in [1.807, 2.05) is 23.6 Å². The standard InChI is InChI=1S/C10H15N5OS/c1-7-6-17-3-2-15(7)10(16)8-4-13-9(14-11)5-12-8/h4-5,7H,2-3,6,11H2,1H3,(H,13,14). The third-order valence-corrected chi connectivity index (χ3v) is 3.84. The molecule has 92 valence electrons. The molecule has 1 fully saturated rings. The zero-order valence-electron chi connectivity index (χ0n) is 9.59. The molecule has 1 atom stereocenters. The first kappa shape index (κ1) is 12.1. The van der Waals surface area contributed by atoms with E-state index in [0.717, 1.165) is 18.1 Å². The van der Waals surface area contributed by atoms with Crippen molar-refractivity contribution in [3.05, 3.63) is 18.1 Å². The predicted octanol–water partition coefficient (Wildman–Crippen LogP) is 0.340. The van der Waals surface area contributed by atoms with E-state index in [9.17, 15) is 4.79 Å². The van der Waals surface area contributed by atoms with Gasteiger partial charge in [0, 0.05) is 24.1 Å². The lowest BCUT2D eigenvalue weighted by atomic mass is 10.2. The topological polar surface area (TPSA) is 84.1 Å². The van der Waals surface area contributed by atoms with Gasteiger partial charge >= 0.3 is 0 Å². The highest BCUT2D eigenvalue weighted by atomic mass is 32.2. The number of hydrogen-bond acceptors (Lipinski definition) is 6. The Labute approximate surface area is 104 Å². The van der Waals surface area contributed by atoms with Crippen LogP contribution in [-0.2, 0) is 0 Å². The fraction of sp³-hybridized carbons (Fsp3) is 0.500. The van der Waals surface area contributed by atoms with Crippen molar-refractivity contribution < 1.29 is 4.79 Å². The van der Waals surface area contributed by atoms with E-state index in [2.05, 4.69) is 15.4 Å². The van der Waals surface area contributed by atoms with Gasteiger partial charge in [-0.15, -0.1) is 0 Å². The highest BCUT2D eigenvalue weighted by Crippen LogP contribution is 2.17. The van der Waals surface area contributed by atoms with Gasteiger partial charge in [0.1, 0.15) is 5.69 Å². The van der Waals surface area contributed by atoms with Crippen LogP contribution in [0.25, 0.3) is 0 Å². The molecular weight excluding hydrogens is 238 g/mol. The summed E-state index contributed by atoms with van der Waals surface area (Å²) >= 11 is 1.87. The Morgan fingerprint density at radius 3 is 3.00 bits per heavy atom. The fourth-order valence-electron chi connectivity index (χ4n) is 1.69. The van der Waals surface area contributed by atoms with Crippen LogP contribution in [0.4, 0.5) is 5.82 Å². The monoisotopic (exact) mass is 253 g/mol. The van der Waals surface area contributed by atoms with E-state index in [-0.39, 0.29) is 11.9 Å². The summed E-state index contributed by atoms with van der Waals surface area (Å²) in [6, 6.07) is 0.246. The third-order valence-electron chi connectivity index (χ3n) is 2.65. The lowest BCUT2D eigenvalue weighted by molar-refractivity contribution is 0.0709. The molecule has 1 aliphatic heterocycles. The predicted molar refractivity (Wildman–Crippen MR) is 67.7 cm³/mol. The first-order chi connectivity index (χ1) is 8.22. The van der Waals surface area contributed by atoms with Crippen molar-refractivity contribution in [2.45, 2.75) is 13.0 Å². The second kappa shape index (κ2) is 5.33. The molecule has 2 heterocycles. The van der Waals surface area contributed by atoms with Crippen LogP contribution in [0.3, 0.4) is 0 Å². The molecule has 1 unspecified atom stereocenters. The van der Waals surface area contributed by atoms with E-state index < -0.39 is 0 Å². The fourth-order valence-corrected chi connectivity index (χ4v) is 2.70. The Bertz CT molecular complexity index is 396. The number of thioether (sulfide) groups is 1. The molecule has 1 aromatic heterocycles. The van der Waals surface area contributed by atoms with E-state index >= 15 is 0 Å². The number of nitrogens with zero attached hydrogens (tertiary/aromatic N) is 3. The molecule has 17 heavy (non-hydrogen) atoms. The van der Waals surface area contributed by atoms with Crippen LogP contribution in [0.2, 0.25) is 0 Å². The SMILES string of the molecule is CC1CSCCN1C(=O)c1cnc(NN)cn1. The minimum absolute atomic E-state index is 0.0612. The number of rotatable bonds is 2. The van der Waals surface area contributed by atoms with Crippen molar-refractivity contribution >= 4 is 23.5 Å². The molecule has 0 bridgehead atoms. The summed E-state index contributed by atoms with van der Waals surface area (Å²) in [4.78, 5) is 22.1. The Morgan fingerprint density at radius 1 is 1.59 bits per heavy atom. The zero-order chi connectivity index (χ0) is 12.3. The minimum Gasteiger partial charge on any atom is -0.333 e. The van der Waals surface area contributed by atoms with E-state index in [4.69, 9.17) is 5.84 Å². The zero-order valence-corrected chi connectivity index (χ0v) is 10.4. The third kappa shape index (κ3) is 2.67. The van der Waals surface area contributed by atoms with Gasteiger partial charge in [-0.25, -0.2) is 15.8 Å². The normalized spacial score (nSPS) is 20.1. The number of carbonyl (C=O) groups is 1. The van der Waals surface area contributed by atoms with Crippen molar-refractivity contribution in [1.82, 2.24) is 14.9 Å². The van der Waals surface area contributed by atoms with Gasteiger partial charge in [-0.3, -0.25) is 4.79 Å². The number of nitrogens with two attached hydrogens (primary N) is 1. The maximum Gasteiger partial charge on any atom is 0.274 e. The molecule has 0 aromatic carbocycles. The summed E-state index contributed by atoms with van der Waals surface area (Å²) in [5.41, 5.74) is 2.74. The van der Waals surface area contributed by atoms with Crippen LogP contribution in [0.5, 0.6) is 0 Å². The Kier molecular flexibility index (Phi) is 3.80. The van der Waals surface area contributed by atoms with Crippen LogP contribution < -0.4 is 11.3 Å². The van der Waals surface area contributed by atoms with Gasteiger partial charge in [0.25, 0.3) is 5.91 Å². The van der Waals surface area contributed by atoms with E-state index in [1.165, 1.54) is 12.4 Å². The van der Waals surface area contributed by atoms with Gasteiger partial charge in [-0.2, -0.15) is 11.8 Å². The molecule has 0 spiro atoms. The summed E-state index contributed by atoms with van der Waals surface area (Å²) in [6.07, 6.45) is 2.91. The van der Waals surface area contributed by atoms with Gasteiger partial charge < -0.3 is 10.3 Å². The molecule has 1 amide bonds. The first-order valence-electron chi connectivity index (χ1n) is 5.39. The average Bonchev–Trinajstić information content (AvgIpc) is 2.39. The number of nitrogen functional groups attached to an aromatic ring is 1. The molecule has 0 aliphatic carbocycles. The average molecular weight is 253 g/mol. The number of amides is 1. The number of hydrazine groups is 1. The maximum atomic E-state index is 12.2. The molecule has 7 heteroatoms. The highest BCUT2D eigenvalue weighted by molar-refractivity contribution is 7.99. The second-order valence-electron chi connectivity index (χ2n) is 3.85. The largest absolute Gasteiger partial charge is 0.333 e. The quantitative estimate of drug-likeness (QED) is 0.584. The molecule has 2 rings (SSSR count). The van der Waals surface area contributed by atoms with Gasteiger partial charge in [-0.05, 0) is 6.92 Å². The molecule has 1 aromatic rings. The van der Waals surface area contributed by atoms with Crippen molar-refractivity contribution in [3.8, 4) is 0 Å². The summed E-state index contributed by atoms with van der Waals surface area (Å²) in [7, 11) is 0. The van der Waals surface area contributed by atoms with Crippen LogP contribution in [0.15, 0.2) is 12.4 Å². The molecule has 0 radical (unpaired) electrons. The number of hydrogen-bond donors (Lipinski definition) is 2. The summed E-state index contributed by atoms with van der Waals surface area (Å²) < 4.78 is 0. The van der Waals surface area contributed by atoms with E-state index in [0.29, 0.717) is 11.5 Å². The molecule has 6 nitrogen and oxygen atoms in total. The lowest BCUT2D eigenvalue weighted by Gasteiger charge is -2.32. The van der Waals surface area contributed by atoms with Gasteiger partial charge in [0.05, 0.1) is 12.4 Å². The van der Waals surface area contributed by atoms with Crippen LogP contribution in [-0.4, -0.2) is 44.9 Å². The van der Waals surface area contributed by atoms with E-state index in [1.54, 1.807) is 0 Å². The van der Waals surface area contributed by atoms with Crippen molar-refractivity contribution in [2.75, 3.05) is 23.5 Å². The molecule has 3 N–H and O–H groups in total. The number of carbonyl (C=O) groups excluding carboxylic acids is 1. The molecule has 1 aliphatic rings. The summed E-state index contributed by atoms with van der Waals surface area (Å²) in [5.74, 6) is 7.53. The van der Waals surface area contributed by atoms with Crippen molar-refractivity contribution in [3.63, 3.8) is 0 Å². The van der Waals surface area contributed by atoms with Gasteiger partial charge in [-0.1, -0.05) is 0 Å². The smallest absolute Gasteiger partial charge is 0.274 e. The number of anilines is 1. The van der Waals surface area contributed by atoms with Gasteiger partial charge in [0.15, 0.2) is 5.82 Å². The van der Waals surface area contributed by atoms with Crippen LogP contribution in [0.1, 0.15) is 17.4 Å². The second-order valence-corrected chi connectivity index (χ2v) is 5.00. The first-order valence-corrected chi connectivity index (χ1v) is 6.55. The van der Waals surface area contributed by atoms with Gasteiger partial charge in [0.2, 0.25) is 0 Å². The van der Waals surface area contributed by atoms with Crippen LogP contribution >= 0.6 is 11.8 Å². The number of nitrogens with one attached hydrogen (secondary N) is 1. The maximum absolute atomic E-state index is 12.2. The minimum atomic E-state index is -0.0612. The van der Waals surface area contributed by atoms with Crippen LogP contribution in [0, 0.1) is 0 Å². The molecular formula is C10H15N5OS. The Morgan fingerprint density at radius 2 is 2.41 bits per heavy atom. The molecule has 1 saturated heterocycles. The highest BCUT2D eigenvalue weighted by Gasteiger charge is 2.25. The molecule has 0 saturated carbocycles. The van der Waals surface area contributed by atoms with Crippen molar-refractivity contribution in [1.29, 1.82) is 0 Å². The lowest BCUT2D eigenvalue weighted by Crippen LogP contribution is -2.44. The van der Waals surface area contributed by atoms with Crippen molar-refractivity contribution in [2.24, 2.45) is 5.84 Å². The Hall–Kier alpha value is -1.34. The Balaban J connectivity index is 2.12. The summed E-state index contributed by atoms with van der Waals surface area (Å²) in [6.45, 7) is 2.82. The summed E-state index contributed by atoms with van der Waals surface area (Å²) in [5, 5.41) is 0.